The molecule has 4 heteroatoms. The number of nitriles is 1. The second-order valence-corrected chi connectivity index (χ2v) is 9.13. The fourth-order valence-corrected chi connectivity index (χ4v) is 3.43. The van der Waals surface area contributed by atoms with Gasteiger partial charge in [0.1, 0.15) is 5.75 Å². The maximum atomic E-state index is 11.1. The van der Waals surface area contributed by atoms with Crippen molar-refractivity contribution in [3.63, 3.8) is 0 Å². The van der Waals surface area contributed by atoms with Gasteiger partial charge in [0.05, 0.1) is 18.5 Å². The summed E-state index contributed by atoms with van der Waals surface area (Å²) in [6, 6.07) is 6.53. The summed E-state index contributed by atoms with van der Waals surface area (Å²) in [5.74, 6) is 0.360. The third-order valence-corrected chi connectivity index (χ3v) is 5.05. The highest BCUT2D eigenvalue weighted by atomic mass is 16.3. The Morgan fingerprint density at radius 1 is 1.12 bits per heavy atom. The van der Waals surface area contributed by atoms with E-state index in [1.165, 1.54) is 5.56 Å². The molecule has 1 fully saturated rings. The molecule has 2 N–H and O–H groups in total. The Morgan fingerprint density at radius 2 is 1.72 bits per heavy atom. The van der Waals surface area contributed by atoms with E-state index in [1.807, 2.05) is 0 Å². The lowest BCUT2D eigenvalue weighted by atomic mass is 9.77. The highest BCUT2D eigenvalue weighted by Crippen LogP contribution is 2.42. The maximum Gasteiger partial charge on any atom is 0.124 e. The van der Waals surface area contributed by atoms with Crippen LogP contribution < -0.4 is 5.32 Å². The number of rotatable bonds is 3. The molecular weight excluding hydrogens is 310 g/mol. The standard InChI is InChI=1S/C21H33N3O/c1-20(2,3)15-13-16(19(25)17(14-15)21(4,5)6)18(7-8-22)24-11-9-23-10-12-24/h13-14,18,23,25H,7,9-12H2,1-6H3/t18-/m0/s1. The minimum absolute atomic E-state index is 0.0108. The topological polar surface area (TPSA) is 59.3 Å². The van der Waals surface area contributed by atoms with Crippen molar-refractivity contribution in [2.75, 3.05) is 26.2 Å². The monoisotopic (exact) mass is 343 g/mol. The molecule has 1 aromatic rings. The first-order valence-electron chi connectivity index (χ1n) is 9.25. The van der Waals surface area contributed by atoms with Crippen LogP contribution in [-0.2, 0) is 10.8 Å². The number of nitrogens with one attached hydrogen (secondary N) is 1. The number of hydrogen-bond donors (Lipinski definition) is 2. The average molecular weight is 344 g/mol. The lowest BCUT2D eigenvalue weighted by Crippen LogP contribution is -2.45. The molecule has 1 aliphatic heterocycles. The molecule has 4 nitrogen and oxygen atoms in total. The minimum Gasteiger partial charge on any atom is -0.507 e. The van der Waals surface area contributed by atoms with E-state index >= 15 is 0 Å². The largest absolute Gasteiger partial charge is 0.507 e. The molecule has 1 heterocycles. The lowest BCUT2D eigenvalue weighted by molar-refractivity contribution is 0.172. The van der Waals surface area contributed by atoms with E-state index in [0.29, 0.717) is 12.2 Å². The summed E-state index contributed by atoms with van der Waals surface area (Å²) in [6.45, 7) is 16.6. The highest BCUT2D eigenvalue weighted by Gasteiger charge is 2.30. The third-order valence-electron chi connectivity index (χ3n) is 5.05. The minimum atomic E-state index is -0.152. The van der Waals surface area contributed by atoms with Gasteiger partial charge in [-0.2, -0.15) is 5.26 Å². The number of piperazine rings is 1. The second-order valence-electron chi connectivity index (χ2n) is 9.13. The summed E-state index contributed by atoms with van der Waals surface area (Å²) in [5, 5.41) is 23.9. The molecular formula is C21H33N3O. The number of phenolic OH excluding ortho intramolecular Hbond substituents is 1. The molecule has 1 atom stereocenters. The van der Waals surface area contributed by atoms with Crippen molar-refractivity contribution < 1.29 is 5.11 Å². The van der Waals surface area contributed by atoms with Gasteiger partial charge in [-0.05, 0) is 28.0 Å². The van der Waals surface area contributed by atoms with Gasteiger partial charge in [-0.25, -0.2) is 0 Å². The summed E-state index contributed by atoms with van der Waals surface area (Å²) in [7, 11) is 0. The Bertz CT molecular complexity index is 641. The van der Waals surface area contributed by atoms with Gasteiger partial charge < -0.3 is 10.4 Å². The normalized spacial score (nSPS) is 18.0. The van der Waals surface area contributed by atoms with E-state index < -0.39 is 0 Å². The van der Waals surface area contributed by atoms with Gasteiger partial charge in [0.25, 0.3) is 0 Å². The first-order chi connectivity index (χ1) is 11.6. The van der Waals surface area contributed by atoms with Crippen LogP contribution in [-0.4, -0.2) is 36.2 Å². The molecule has 0 amide bonds. The predicted molar refractivity (Wildman–Crippen MR) is 103 cm³/mol. The quantitative estimate of drug-likeness (QED) is 0.875. The summed E-state index contributed by atoms with van der Waals surface area (Å²) in [4.78, 5) is 2.33. The molecule has 138 valence electrons. The van der Waals surface area contributed by atoms with Crippen LogP contribution in [0.15, 0.2) is 12.1 Å². The van der Waals surface area contributed by atoms with Gasteiger partial charge in [-0.3, -0.25) is 4.90 Å². The van der Waals surface area contributed by atoms with Crippen LogP contribution in [0.25, 0.3) is 0 Å². The van der Waals surface area contributed by atoms with E-state index in [9.17, 15) is 10.4 Å². The first kappa shape index (κ1) is 19.8. The van der Waals surface area contributed by atoms with E-state index in [4.69, 9.17) is 0 Å². The maximum absolute atomic E-state index is 11.1. The van der Waals surface area contributed by atoms with E-state index in [-0.39, 0.29) is 16.9 Å². The van der Waals surface area contributed by atoms with E-state index in [1.54, 1.807) is 0 Å². The first-order valence-corrected chi connectivity index (χ1v) is 9.25. The van der Waals surface area contributed by atoms with Crippen LogP contribution in [0.3, 0.4) is 0 Å². The molecule has 25 heavy (non-hydrogen) atoms. The van der Waals surface area contributed by atoms with Crippen LogP contribution >= 0.6 is 0 Å². The average Bonchev–Trinajstić information content (AvgIpc) is 2.52. The van der Waals surface area contributed by atoms with Gasteiger partial charge >= 0.3 is 0 Å². The molecule has 0 unspecified atom stereocenters. The Morgan fingerprint density at radius 3 is 2.20 bits per heavy atom. The lowest BCUT2D eigenvalue weighted by Gasteiger charge is -2.36. The second kappa shape index (κ2) is 7.35. The van der Waals surface area contributed by atoms with Gasteiger partial charge in [0.15, 0.2) is 0 Å². The van der Waals surface area contributed by atoms with Gasteiger partial charge in [-0.15, -0.1) is 0 Å². The van der Waals surface area contributed by atoms with Crippen molar-refractivity contribution in [3.05, 3.63) is 28.8 Å². The highest BCUT2D eigenvalue weighted by molar-refractivity contribution is 5.50. The zero-order valence-corrected chi connectivity index (χ0v) is 16.6. The zero-order chi connectivity index (χ0) is 18.8. The Kier molecular flexibility index (Phi) is 5.81. The van der Waals surface area contributed by atoms with Crippen molar-refractivity contribution >= 4 is 0 Å². The van der Waals surface area contributed by atoms with Gasteiger partial charge in [0, 0.05) is 31.7 Å². The SMILES string of the molecule is CC(C)(C)c1cc([C@H](CC#N)N2CCNCC2)c(O)c(C(C)(C)C)c1. The molecule has 0 bridgehead atoms. The zero-order valence-electron chi connectivity index (χ0n) is 16.6. The van der Waals surface area contributed by atoms with E-state index in [2.05, 4.69) is 70.0 Å². The molecule has 0 saturated carbocycles. The van der Waals surface area contributed by atoms with Gasteiger partial charge in [0.2, 0.25) is 0 Å². The fourth-order valence-electron chi connectivity index (χ4n) is 3.43. The van der Waals surface area contributed by atoms with Crippen LogP contribution in [0.5, 0.6) is 5.75 Å². The number of benzene rings is 1. The molecule has 1 aliphatic rings. The molecule has 0 aliphatic carbocycles. The van der Waals surface area contributed by atoms with Crippen molar-refractivity contribution in [1.82, 2.24) is 10.2 Å². The Balaban J connectivity index is 2.61. The summed E-state index contributed by atoms with van der Waals surface area (Å²) in [6.07, 6.45) is 0.394. The Labute approximate surface area is 152 Å². The van der Waals surface area contributed by atoms with Crippen LogP contribution in [0.1, 0.15) is 70.7 Å². The molecule has 2 rings (SSSR count). The van der Waals surface area contributed by atoms with Gasteiger partial charge in [-0.1, -0.05) is 47.6 Å². The molecule has 0 radical (unpaired) electrons. The van der Waals surface area contributed by atoms with Crippen LogP contribution in [0.4, 0.5) is 0 Å². The number of phenols is 1. The fraction of sp³-hybridized carbons (Fsp3) is 0.667. The summed E-state index contributed by atoms with van der Waals surface area (Å²) >= 11 is 0. The smallest absolute Gasteiger partial charge is 0.124 e. The van der Waals surface area contributed by atoms with Crippen molar-refractivity contribution in [3.8, 4) is 11.8 Å². The number of hydrogen-bond acceptors (Lipinski definition) is 4. The molecule has 0 spiro atoms. The van der Waals surface area contributed by atoms with Crippen LogP contribution in [0, 0.1) is 11.3 Å². The summed E-state index contributed by atoms with van der Waals surface area (Å²) in [5.41, 5.74) is 2.92. The number of aromatic hydroxyl groups is 1. The molecule has 1 aromatic carbocycles. The van der Waals surface area contributed by atoms with Crippen molar-refractivity contribution in [2.24, 2.45) is 0 Å². The predicted octanol–water partition coefficient (Wildman–Crippen LogP) is 3.85. The Hall–Kier alpha value is -1.57. The molecule has 0 aromatic heterocycles. The van der Waals surface area contributed by atoms with Crippen molar-refractivity contribution in [1.29, 1.82) is 5.26 Å². The number of nitrogens with zero attached hydrogens (tertiary/aromatic N) is 2. The van der Waals surface area contributed by atoms with E-state index in [0.717, 1.165) is 37.3 Å². The van der Waals surface area contributed by atoms with Crippen molar-refractivity contribution in [2.45, 2.75) is 64.8 Å². The third kappa shape index (κ3) is 4.54. The molecule has 1 saturated heterocycles. The van der Waals surface area contributed by atoms with Crippen LogP contribution in [0.2, 0.25) is 0 Å². The summed E-state index contributed by atoms with van der Waals surface area (Å²) < 4.78 is 0.